The summed E-state index contributed by atoms with van der Waals surface area (Å²) in [5.74, 6) is -1.60. The van der Waals surface area contributed by atoms with Crippen LogP contribution in [0.15, 0.2) is 54.6 Å². The Morgan fingerprint density at radius 1 is 0.373 bits per heavy atom. The maximum Gasteiger partial charge on any atom is 0.464 e. The summed E-state index contributed by atoms with van der Waals surface area (Å²) in [4.78, 5) is 0. The number of hydrogen-bond donors (Lipinski definition) is 0. The van der Waals surface area contributed by atoms with E-state index < -0.39 is 126 Å². The molecule has 0 saturated carbocycles. The maximum atomic E-state index is 14.1. The van der Waals surface area contributed by atoms with E-state index in [1.807, 2.05) is 0 Å². The Hall–Kier alpha value is -3.44. The largest absolute Gasteiger partial charge is 0.464 e. The zero-order valence-electron chi connectivity index (χ0n) is 25.5. The van der Waals surface area contributed by atoms with E-state index in [4.69, 9.17) is 13.3 Å². The van der Waals surface area contributed by atoms with Crippen LogP contribution in [-0.2, 0) is 50.3 Å². The molecule has 0 aliphatic carbocycles. The predicted octanol–water partition coefficient (Wildman–Crippen LogP) is 8.69. The second-order valence-electron chi connectivity index (χ2n) is 11.1. The fourth-order valence-electron chi connectivity index (χ4n) is 5.60. The molecule has 0 heterocycles. The van der Waals surface area contributed by atoms with Gasteiger partial charge in [0.05, 0.1) is 39.5 Å². The monoisotopic (exact) mass is 785 g/mol. The third-order valence-corrected chi connectivity index (χ3v) is 11.0. The first-order valence-electron chi connectivity index (χ1n) is 13.6. The molecular formula is C28H20BF18O3Si-. The molecule has 0 fully saturated rings. The topological polar surface area (TPSA) is 27.7 Å². The highest BCUT2D eigenvalue weighted by Crippen LogP contribution is 2.40. The first-order chi connectivity index (χ1) is 22.8. The summed E-state index contributed by atoms with van der Waals surface area (Å²) >= 11 is 0. The summed E-state index contributed by atoms with van der Waals surface area (Å²) in [6.45, 7) is 0. The van der Waals surface area contributed by atoms with Crippen molar-refractivity contribution in [3.63, 3.8) is 0 Å². The quantitative estimate of drug-likeness (QED) is 0.169. The number of rotatable bonds is 8. The van der Waals surface area contributed by atoms with Crippen LogP contribution in [0.25, 0.3) is 0 Å². The summed E-state index contributed by atoms with van der Waals surface area (Å²) in [6.07, 6.45) is -39.5. The lowest BCUT2D eigenvalue weighted by molar-refractivity contribution is -0.144. The molecular weight excluding hydrogens is 765 g/mol. The molecule has 3 aromatic carbocycles. The molecule has 0 saturated heterocycles. The summed E-state index contributed by atoms with van der Waals surface area (Å²) < 4.78 is 270. The van der Waals surface area contributed by atoms with E-state index >= 15 is 0 Å². The summed E-state index contributed by atoms with van der Waals surface area (Å²) in [5, 5.41) is 0. The van der Waals surface area contributed by atoms with Crippen LogP contribution in [0.1, 0.15) is 33.4 Å². The zero-order chi connectivity index (χ0) is 39.4. The molecule has 0 unspecified atom stereocenters. The fraction of sp³-hybridized carbons (Fsp3) is 0.357. The van der Waals surface area contributed by atoms with Gasteiger partial charge in [-0.05, 0) is 18.2 Å². The van der Waals surface area contributed by atoms with Crippen molar-refractivity contribution in [3.8, 4) is 0 Å². The number of benzene rings is 3. The molecule has 0 aliphatic rings. The van der Waals surface area contributed by atoms with E-state index in [2.05, 4.69) is 0 Å². The zero-order valence-corrected chi connectivity index (χ0v) is 26.5. The minimum absolute atomic E-state index is 0.240. The lowest BCUT2D eigenvalue weighted by Gasteiger charge is -2.47. The van der Waals surface area contributed by atoms with Crippen LogP contribution < -0.4 is 16.4 Å². The molecule has 0 amide bonds. The molecule has 51 heavy (non-hydrogen) atoms. The van der Waals surface area contributed by atoms with Crippen molar-refractivity contribution in [2.75, 3.05) is 21.3 Å². The Balaban J connectivity index is 2.92. The van der Waals surface area contributed by atoms with E-state index in [-0.39, 0.29) is 36.4 Å². The highest BCUT2D eigenvalue weighted by Gasteiger charge is 2.50. The highest BCUT2D eigenvalue weighted by atomic mass is 28.4. The normalized spacial score (nSPS) is 14.3. The van der Waals surface area contributed by atoms with Crippen LogP contribution in [0.4, 0.5) is 79.0 Å². The lowest BCUT2D eigenvalue weighted by atomic mass is 9.16. The molecule has 0 aliphatic heterocycles. The first-order valence-corrected chi connectivity index (χ1v) is 15.5. The molecule has 3 rings (SSSR count). The van der Waals surface area contributed by atoms with Gasteiger partial charge in [0, 0.05) is 21.3 Å². The molecule has 0 bridgehead atoms. The molecule has 3 aromatic rings. The van der Waals surface area contributed by atoms with Gasteiger partial charge in [-0.1, -0.05) is 42.3 Å². The molecule has 3 nitrogen and oxygen atoms in total. The second-order valence-corrected chi connectivity index (χ2v) is 14.1. The van der Waals surface area contributed by atoms with Gasteiger partial charge in [-0.15, -0.1) is 0 Å². The van der Waals surface area contributed by atoms with Crippen molar-refractivity contribution in [1.82, 2.24) is 0 Å². The van der Waals surface area contributed by atoms with Gasteiger partial charge in [-0.2, -0.15) is 95.4 Å². The van der Waals surface area contributed by atoms with Crippen molar-refractivity contribution in [1.29, 1.82) is 0 Å². The number of alkyl halides is 18. The van der Waals surface area contributed by atoms with Crippen LogP contribution in [-0.4, -0.2) is 36.3 Å². The van der Waals surface area contributed by atoms with Gasteiger partial charge >= 0.3 is 45.9 Å². The van der Waals surface area contributed by atoms with Crippen molar-refractivity contribution < 1.29 is 92.3 Å². The van der Waals surface area contributed by atoms with E-state index in [1.54, 1.807) is 0 Å². The molecule has 0 spiro atoms. The highest BCUT2D eigenvalue weighted by molar-refractivity contribution is 7.16. The van der Waals surface area contributed by atoms with Crippen molar-refractivity contribution in [2.24, 2.45) is 0 Å². The number of halogens is 18. The van der Waals surface area contributed by atoms with E-state index in [1.165, 1.54) is 0 Å². The first kappa shape index (κ1) is 42.0. The SMILES string of the molecule is CO[Si](C[B-](c1cc(C(F)(F)F)cc(C(F)(F)F)c1)(c1cc(C(F)(F)F)cc(C(F)(F)F)c1)c1cc(C(F)(F)F)cc(C(F)(F)F)c1)(OC)OC. The Morgan fingerprint density at radius 2 is 0.549 bits per heavy atom. The van der Waals surface area contributed by atoms with E-state index in [9.17, 15) is 79.0 Å². The molecule has 23 heteroatoms. The standard InChI is InChI=1S/C28H20BF18O3Si/c1-48-51(49-2,50-3)13-29(20-7-14(23(30,31)32)4-15(8-20)24(33,34)35,21-9-16(25(36,37)38)5-17(10-21)26(39,40)41)22-11-18(27(42,43)44)6-19(12-22)28(45,46)47/h4-12H,13H2,1-3H3/q-1. The molecule has 0 radical (unpaired) electrons. The van der Waals surface area contributed by atoms with Gasteiger partial charge < -0.3 is 13.3 Å². The molecule has 0 atom stereocenters. The van der Waals surface area contributed by atoms with E-state index in [0.717, 1.165) is 0 Å². The predicted molar refractivity (Wildman–Crippen MR) is 146 cm³/mol. The smallest absolute Gasteiger partial charge is 0.379 e. The summed E-state index contributed by atoms with van der Waals surface area (Å²) in [6, 6.07) is -3.03. The van der Waals surface area contributed by atoms with Crippen LogP contribution in [0.2, 0.25) is 5.94 Å². The Bertz CT molecular complexity index is 1430. The van der Waals surface area contributed by atoms with Gasteiger partial charge in [0.1, 0.15) is 0 Å². The Kier molecular flexibility index (Phi) is 11.1. The average Bonchev–Trinajstić information content (AvgIpc) is 2.99. The summed E-state index contributed by atoms with van der Waals surface area (Å²) in [5.41, 5.74) is -18.4. The van der Waals surface area contributed by atoms with Crippen molar-refractivity contribution in [3.05, 3.63) is 88.0 Å². The second kappa shape index (κ2) is 13.5. The van der Waals surface area contributed by atoms with Gasteiger partial charge in [-0.3, -0.25) is 0 Å². The number of hydrogen-bond acceptors (Lipinski definition) is 3. The van der Waals surface area contributed by atoms with Gasteiger partial charge in [-0.25, -0.2) is 0 Å². The van der Waals surface area contributed by atoms with Crippen LogP contribution >= 0.6 is 0 Å². The van der Waals surface area contributed by atoms with Gasteiger partial charge in [0.2, 0.25) is 0 Å². The van der Waals surface area contributed by atoms with Crippen LogP contribution in [0.5, 0.6) is 0 Å². The fourth-order valence-corrected chi connectivity index (χ4v) is 8.05. The van der Waals surface area contributed by atoms with Crippen LogP contribution in [0.3, 0.4) is 0 Å². The molecule has 0 aromatic heterocycles. The molecule has 0 N–H and O–H groups in total. The maximum absolute atomic E-state index is 14.1. The Morgan fingerprint density at radius 3 is 0.686 bits per heavy atom. The van der Waals surface area contributed by atoms with Gasteiger partial charge in [0.25, 0.3) is 0 Å². The average molecular weight is 785 g/mol. The van der Waals surface area contributed by atoms with Crippen molar-refractivity contribution in [2.45, 2.75) is 43.0 Å². The third kappa shape index (κ3) is 8.96. The lowest BCUT2D eigenvalue weighted by Crippen LogP contribution is -2.72. The van der Waals surface area contributed by atoms with E-state index in [0.29, 0.717) is 21.3 Å². The summed E-state index contributed by atoms with van der Waals surface area (Å²) in [7, 11) is -2.88. The minimum Gasteiger partial charge on any atom is -0.379 e. The molecule has 284 valence electrons. The van der Waals surface area contributed by atoms with Gasteiger partial charge in [0.15, 0.2) is 0 Å². The van der Waals surface area contributed by atoms with Crippen molar-refractivity contribution >= 4 is 31.3 Å². The minimum atomic E-state index is -5.79. The third-order valence-electron chi connectivity index (χ3n) is 8.03. The van der Waals surface area contributed by atoms with Crippen LogP contribution in [0, 0.1) is 0 Å². The Labute approximate surface area is 276 Å².